The van der Waals surface area contributed by atoms with E-state index in [2.05, 4.69) is 0 Å². The van der Waals surface area contributed by atoms with Crippen molar-refractivity contribution in [3.8, 4) is 0 Å². The van der Waals surface area contributed by atoms with Gasteiger partial charge in [-0.1, -0.05) is 0 Å². The second-order valence-electron chi connectivity index (χ2n) is 3.45. The van der Waals surface area contributed by atoms with Gasteiger partial charge in [-0.05, 0) is 0 Å². The molecule has 0 bridgehead atoms. The van der Waals surface area contributed by atoms with E-state index < -0.39 is 48.4 Å². The first-order valence-corrected chi connectivity index (χ1v) is 4.74. The van der Waals surface area contributed by atoms with E-state index in [0.29, 0.717) is 9.13 Å². The summed E-state index contributed by atoms with van der Waals surface area (Å²) in [7, 11) is 0. The third-order valence-electron chi connectivity index (χ3n) is 2.08. The maximum absolute atomic E-state index is 11.0. The number of carbonyl (C=O) groups excluding carboxylic acids is 1. The average molecular weight is 272 g/mol. The monoisotopic (exact) mass is 272 g/mol. The largest absolute Gasteiger partial charge is 0.541 e. The predicted molar refractivity (Wildman–Crippen MR) is 51.2 cm³/mol. The van der Waals surface area contributed by atoms with Crippen LogP contribution in [0, 0.1) is 0 Å². The van der Waals surface area contributed by atoms with Crippen molar-refractivity contribution in [3.05, 3.63) is 17.7 Å². The molecule has 19 heavy (non-hydrogen) atoms. The number of carboxylic acids is 4. The summed E-state index contributed by atoms with van der Waals surface area (Å²) in [6, 6.07) is 0. The number of aromatic carboxylic acids is 2. The Bertz CT molecular complexity index is 525. The van der Waals surface area contributed by atoms with Crippen LogP contribution in [0.2, 0.25) is 0 Å². The lowest BCUT2D eigenvalue weighted by molar-refractivity contribution is -0.687. The zero-order chi connectivity index (χ0) is 14.7. The molecular formula is C9H8N2O8. The third kappa shape index (κ3) is 3.06. The number of nitrogens with zero attached hydrogens (tertiary/aromatic N) is 2. The number of hydrogen-bond acceptors (Lipinski definition) is 5. The molecule has 0 aromatic carbocycles. The number of imidazole rings is 1. The Morgan fingerprint density at radius 1 is 1.16 bits per heavy atom. The summed E-state index contributed by atoms with van der Waals surface area (Å²) < 4.78 is 1.20. The van der Waals surface area contributed by atoms with Crippen molar-refractivity contribution in [1.82, 2.24) is 4.57 Å². The quantitative estimate of drug-likeness (QED) is 0.462. The Labute approximate surface area is 104 Å². The summed E-state index contributed by atoms with van der Waals surface area (Å²) in [6.45, 7) is -1.66. The molecule has 10 nitrogen and oxygen atoms in total. The van der Waals surface area contributed by atoms with Gasteiger partial charge in [0.1, 0.15) is 5.97 Å². The molecular weight excluding hydrogens is 264 g/mol. The maximum Gasteiger partial charge on any atom is 0.380 e. The van der Waals surface area contributed by atoms with E-state index in [1.165, 1.54) is 0 Å². The van der Waals surface area contributed by atoms with Gasteiger partial charge in [-0.3, -0.25) is 0 Å². The summed E-state index contributed by atoms with van der Waals surface area (Å²) >= 11 is 0. The minimum Gasteiger partial charge on any atom is -0.541 e. The zero-order valence-corrected chi connectivity index (χ0v) is 9.27. The first kappa shape index (κ1) is 14.2. The molecule has 0 radical (unpaired) electrons. The Morgan fingerprint density at radius 3 is 2.11 bits per heavy atom. The van der Waals surface area contributed by atoms with Gasteiger partial charge in [0, 0.05) is 0 Å². The number of hydrogen-bond donors (Lipinski definition) is 3. The minimum atomic E-state index is -1.91. The van der Waals surface area contributed by atoms with E-state index in [1.54, 1.807) is 0 Å². The van der Waals surface area contributed by atoms with Gasteiger partial charge in [-0.2, -0.15) is 0 Å². The number of carbonyl (C=O) groups is 4. The van der Waals surface area contributed by atoms with Gasteiger partial charge < -0.3 is 25.2 Å². The first-order chi connectivity index (χ1) is 8.73. The van der Waals surface area contributed by atoms with Gasteiger partial charge in [-0.25, -0.2) is 23.5 Å². The van der Waals surface area contributed by atoms with E-state index in [9.17, 15) is 24.3 Å². The molecule has 0 aliphatic heterocycles. The lowest BCUT2D eigenvalue weighted by Gasteiger charge is -2.00. The molecule has 0 spiro atoms. The molecule has 0 amide bonds. The Hall–Kier alpha value is -2.91. The van der Waals surface area contributed by atoms with Crippen LogP contribution < -0.4 is 9.67 Å². The van der Waals surface area contributed by atoms with Crippen LogP contribution in [-0.4, -0.2) is 43.8 Å². The van der Waals surface area contributed by atoms with Crippen LogP contribution in [0.5, 0.6) is 0 Å². The van der Waals surface area contributed by atoms with E-state index >= 15 is 0 Å². The lowest BCUT2D eigenvalue weighted by Crippen LogP contribution is -2.42. The van der Waals surface area contributed by atoms with Crippen molar-refractivity contribution >= 4 is 23.9 Å². The number of aliphatic carboxylic acids is 2. The highest BCUT2D eigenvalue weighted by Crippen LogP contribution is 2.06. The average Bonchev–Trinajstić information content (AvgIpc) is 2.53. The second kappa shape index (κ2) is 5.16. The molecule has 1 rings (SSSR count). The number of rotatable bonds is 6. The van der Waals surface area contributed by atoms with Crippen LogP contribution >= 0.6 is 0 Å². The fourth-order valence-electron chi connectivity index (χ4n) is 1.53. The molecule has 0 aliphatic carbocycles. The molecule has 10 heteroatoms. The summed E-state index contributed by atoms with van der Waals surface area (Å²) in [5.41, 5.74) is -1.76. The zero-order valence-electron chi connectivity index (χ0n) is 9.27. The summed E-state index contributed by atoms with van der Waals surface area (Å²) in [6.07, 6.45) is 0.789. The lowest BCUT2D eigenvalue weighted by atomic mass is 10.3. The molecule has 1 aromatic heterocycles. The van der Waals surface area contributed by atoms with E-state index in [-0.39, 0.29) is 0 Å². The van der Waals surface area contributed by atoms with Crippen LogP contribution in [-0.2, 0) is 22.7 Å². The topological polar surface area (TPSA) is 161 Å². The van der Waals surface area contributed by atoms with Crippen LogP contribution in [0.3, 0.4) is 0 Å². The Kier molecular flexibility index (Phi) is 3.85. The van der Waals surface area contributed by atoms with Crippen LogP contribution in [0.4, 0.5) is 0 Å². The van der Waals surface area contributed by atoms with Crippen molar-refractivity contribution in [3.63, 3.8) is 0 Å². The molecule has 3 N–H and O–H groups in total. The van der Waals surface area contributed by atoms with Crippen molar-refractivity contribution in [2.24, 2.45) is 0 Å². The van der Waals surface area contributed by atoms with Gasteiger partial charge in [0.15, 0.2) is 13.1 Å². The molecule has 0 saturated heterocycles. The van der Waals surface area contributed by atoms with Gasteiger partial charge in [0.25, 0.3) is 5.69 Å². The molecule has 0 unspecified atom stereocenters. The van der Waals surface area contributed by atoms with Crippen molar-refractivity contribution < 1.29 is 44.2 Å². The molecule has 1 heterocycles. The highest BCUT2D eigenvalue weighted by molar-refractivity contribution is 5.97. The van der Waals surface area contributed by atoms with Crippen molar-refractivity contribution in [2.75, 3.05) is 0 Å². The van der Waals surface area contributed by atoms with Gasteiger partial charge in [0.2, 0.25) is 12.0 Å². The van der Waals surface area contributed by atoms with Crippen molar-refractivity contribution in [1.29, 1.82) is 0 Å². The smallest absolute Gasteiger partial charge is 0.380 e. The Morgan fingerprint density at radius 2 is 1.74 bits per heavy atom. The highest BCUT2D eigenvalue weighted by Gasteiger charge is 2.31. The van der Waals surface area contributed by atoms with Crippen molar-refractivity contribution in [2.45, 2.75) is 13.1 Å². The summed E-state index contributed by atoms with van der Waals surface area (Å²) in [4.78, 5) is 42.9. The van der Waals surface area contributed by atoms with E-state index in [0.717, 1.165) is 6.33 Å². The number of carboxylic acid groups (broad SMARTS) is 4. The highest BCUT2D eigenvalue weighted by atomic mass is 16.4. The van der Waals surface area contributed by atoms with Crippen LogP contribution in [0.25, 0.3) is 0 Å². The normalized spacial score (nSPS) is 10.1. The number of aromatic nitrogens is 2. The molecule has 102 valence electrons. The fraction of sp³-hybridized carbons (Fsp3) is 0.222. The van der Waals surface area contributed by atoms with E-state index in [4.69, 9.17) is 15.3 Å². The Balaban J connectivity index is 3.48. The van der Waals surface area contributed by atoms with Crippen LogP contribution in [0.1, 0.15) is 21.0 Å². The maximum atomic E-state index is 11.0. The molecule has 1 aromatic rings. The SMILES string of the molecule is O=C(O)Cn1c[n+](CC(=O)O)c(C(=O)O)c1C(=O)[O-]. The molecule has 0 aliphatic rings. The van der Waals surface area contributed by atoms with Gasteiger partial charge in [-0.15, -0.1) is 0 Å². The molecule has 0 saturated carbocycles. The summed E-state index contributed by atoms with van der Waals surface area (Å²) in [5.74, 6) is -6.45. The van der Waals surface area contributed by atoms with E-state index in [1.807, 2.05) is 0 Å². The predicted octanol–water partition coefficient (Wildman–Crippen LogP) is -2.99. The minimum absolute atomic E-state index is 0.587. The van der Waals surface area contributed by atoms with Gasteiger partial charge in [0.05, 0.1) is 0 Å². The second-order valence-corrected chi connectivity index (χ2v) is 3.45. The van der Waals surface area contributed by atoms with Gasteiger partial charge >= 0.3 is 17.9 Å². The fourth-order valence-corrected chi connectivity index (χ4v) is 1.53. The van der Waals surface area contributed by atoms with Crippen LogP contribution in [0.15, 0.2) is 6.33 Å². The third-order valence-corrected chi connectivity index (χ3v) is 2.08. The molecule has 0 fully saturated rings. The summed E-state index contributed by atoms with van der Waals surface area (Å²) in [5, 5.41) is 36.9. The first-order valence-electron chi connectivity index (χ1n) is 4.74. The standard InChI is InChI=1S/C9H8N2O8/c12-4(13)1-10-3-11(2-5(14)15)7(9(18)19)6(10)8(16)17/h3H,1-2H2,(H3-,12,13,14,15,16,17,18,19). The molecule has 0 atom stereocenters.